The van der Waals surface area contributed by atoms with E-state index in [1.54, 1.807) is 0 Å². The standard InChI is InChI=1S/C42H30N2/c1-2-8-31(9-3-1)33-16-23-39(24-17-33)44(41-27-20-32-10-4-5-12-37(32)30-41)40-25-18-35(19-26-40)34-14-21-38(22-15-34)43-29-28-36-11-6-7-13-42(36)43/h1-30H. The summed E-state index contributed by atoms with van der Waals surface area (Å²) < 4.78 is 2.24. The summed E-state index contributed by atoms with van der Waals surface area (Å²) in [4.78, 5) is 2.34. The first-order chi connectivity index (χ1) is 21.8. The summed E-state index contributed by atoms with van der Waals surface area (Å²) in [5.41, 5.74) is 10.6. The molecule has 0 spiro atoms. The molecule has 0 N–H and O–H groups in total. The van der Waals surface area contributed by atoms with Gasteiger partial charge in [0.05, 0.1) is 5.52 Å². The van der Waals surface area contributed by atoms with E-state index in [9.17, 15) is 0 Å². The highest BCUT2D eigenvalue weighted by molar-refractivity contribution is 5.90. The predicted octanol–water partition coefficient (Wildman–Crippen LogP) is 11.6. The molecule has 0 amide bonds. The van der Waals surface area contributed by atoms with Gasteiger partial charge < -0.3 is 9.47 Å². The van der Waals surface area contributed by atoms with E-state index >= 15 is 0 Å². The zero-order valence-corrected chi connectivity index (χ0v) is 24.2. The van der Waals surface area contributed by atoms with Crippen molar-refractivity contribution in [3.63, 3.8) is 0 Å². The van der Waals surface area contributed by atoms with Crippen LogP contribution in [0.2, 0.25) is 0 Å². The molecule has 0 atom stereocenters. The minimum atomic E-state index is 1.12. The molecule has 1 heterocycles. The normalized spacial score (nSPS) is 11.2. The average Bonchev–Trinajstić information content (AvgIpc) is 3.54. The van der Waals surface area contributed by atoms with Crippen molar-refractivity contribution in [3.05, 3.63) is 182 Å². The lowest BCUT2D eigenvalue weighted by Crippen LogP contribution is -2.09. The molecule has 7 aromatic carbocycles. The molecule has 2 heteroatoms. The summed E-state index contributed by atoms with van der Waals surface area (Å²) >= 11 is 0. The van der Waals surface area contributed by atoms with Gasteiger partial charge in [-0.15, -0.1) is 0 Å². The highest BCUT2D eigenvalue weighted by atomic mass is 15.1. The van der Waals surface area contributed by atoms with Crippen LogP contribution in [0.15, 0.2) is 182 Å². The molecule has 0 fully saturated rings. The smallest absolute Gasteiger partial charge is 0.0528 e. The van der Waals surface area contributed by atoms with Crippen molar-refractivity contribution in [2.45, 2.75) is 0 Å². The number of para-hydroxylation sites is 1. The fourth-order valence-electron chi connectivity index (χ4n) is 6.12. The van der Waals surface area contributed by atoms with Crippen LogP contribution in [0.25, 0.3) is 49.6 Å². The van der Waals surface area contributed by atoms with E-state index in [1.807, 2.05) is 0 Å². The van der Waals surface area contributed by atoms with Gasteiger partial charge in [-0.1, -0.05) is 115 Å². The van der Waals surface area contributed by atoms with Crippen LogP contribution in [0.1, 0.15) is 0 Å². The third kappa shape index (κ3) is 4.83. The van der Waals surface area contributed by atoms with E-state index in [4.69, 9.17) is 0 Å². The Balaban J connectivity index is 1.14. The third-order valence-electron chi connectivity index (χ3n) is 8.43. The number of benzene rings is 7. The van der Waals surface area contributed by atoms with Crippen molar-refractivity contribution in [1.29, 1.82) is 0 Å². The Kier molecular flexibility index (Phi) is 6.51. The lowest BCUT2D eigenvalue weighted by molar-refractivity contribution is 1.13. The van der Waals surface area contributed by atoms with Crippen molar-refractivity contribution in [1.82, 2.24) is 4.57 Å². The van der Waals surface area contributed by atoms with E-state index in [0.717, 1.165) is 22.7 Å². The SMILES string of the molecule is c1ccc(-c2ccc(N(c3ccc(-c4ccc(-n5ccc6ccccc65)cc4)cc3)c3ccc4ccccc4c3)cc2)cc1. The lowest BCUT2D eigenvalue weighted by Gasteiger charge is -2.26. The maximum Gasteiger partial charge on any atom is 0.0528 e. The minimum absolute atomic E-state index is 1.12. The van der Waals surface area contributed by atoms with Gasteiger partial charge in [-0.25, -0.2) is 0 Å². The maximum atomic E-state index is 2.34. The number of nitrogens with zero attached hydrogens (tertiary/aromatic N) is 2. The second-order valence-electron chi connectivity index (χ2n) is 11.1. The highest BCUT2D eigenvalue weighted by Gasteiger charge is 2.14. The number of aromatic nitrogens is 1. The highest BCUT2D eigenvalue weighted by Crippen LogP contribution is 2.38. The molecule has 2 nitrogen and oxygen atoms in total. The molecular formula is C42H30N2. The minimum Gasteiger partial charge on any atom is -0.317 e. The quantitative estimate of drug-likeness (QED) is 0.196. The molecule has 0 saturated heterocycles. The summed E-state index contributed by atoms with van der Waals surface area (Å²) in [5.74, 6) is 0. The van der Waals surface area contributed by atoms with E-state index in [0.29, 0.717) is 0 Å². The van der Waals surface area contributed by atoms with Crippen LogP contribution in [0.4, 0.5) is 17.1 Å². The molecule has 0 aliphatic heterocycles. The third-order valence-corrected chi connectivity index (χ3v) is 8.43. The zero-order valence-electron chi connectivity index (χ0n) is 24.2. The Hall–Kier alpha value is -5.86. The largest absolute Gasteiger partial charge is 0.317 e. The Morgan fingerprint density at radius 3 is 1.50 bits per heavy atom. The van der Waals surface area contributed by atoms with Crippen molar-refractivity contribution in [2.24, 2.45) is 0 Å². The van der Waals surface area contributed by atoms with Crippen LogP contribution in [-0.2, 0) is 0 Å². The summed E-state index contributed by atoms with van der Waals surface area (Å²) in [6.07, 6.45) is 2.14. The van der Waals surface area contributed by atoms with E-state index < -0.39 is 0 Å². The van der Waals surface area contributed by atoms with Crippen LogP contribution in [0.5, 0.6) is 0 Å². The molecule has 0 saturated carbocycles. The average molecular weight is 563 g/mol. The second-order valence-corrected chi connectivity index (χ2v) is 11.1. The molecule has 0 bridgehead atoms. The van der Waals surface area contributed by atoms with Crippen molar-refractivity contribution in [3.8, 4) is 27.9 Å². The molecular weight excluding hydrogens is 532 g/mol. The van der Waals surface area contributed by atoms with Gasteiger partial charge in [0.15, 0.2) is 0 Å². The van der Waals surface area contributed by atoms with Gasteiger partial charge in [0, 0.05) is 28.9 Å². The summed E-state index contributed by atoms with van der Waals surface area (Å²) in [7, 11) is 0. The van der Waals surface area contributed by atoms with Gasteiger partial charge in [0.1, 0.15) is 0 Å². The van der Waals surface area contributed by atoms with Crippen molar-refractivity contribution >= 4 is 38.7 Å². The van der Waals surface area contributed by atoms with Crippen LogP contribution >= 0.6 is 0 Å². The van der Waals surface area contributed by atoms with Gasteiger partial charge in [-0.05, 0) is 99.1 Å². The Labute approximate surface area is 257 Å². The number of fused-ring (bicyclic) bond motifs is 2. The van der Waals surface area contributed by atoms with E-state index in [1.165, 1.54) is 43.9 Å². The summed E-state index contributed by atoms with van der Waals surface area (Å²) in [5, 5.41) is 3.71. The fraction of sp³-hybridized carbons (Fsp3) is 0. The number of rotatable bonds is 6. The van der Waals surface area contributed by atoms with Crippen molar-refractivity contribution in [2.75, 3.05) is 4.90 Å². The predicted molar refractivity (Wildman–Crippen MR) is 186 cm³/mol. The van der Waals surface area contributed by atoms with Crippen LogP contribution < -0.4 is 4.90 Å². The molecule has 0 aliphatic carbocycles. The Morgan fingerprint density at radius 2 is 0.841 bits per heavy atom. The Morgan fingerprint density at radius 1 is 0.341 bits per heavy atom. The first kappa shape index (κ1) is 25.8. The van der Waals surface area contributed by atoms with Crippen molar-refractivity contribution < 1.29 is 0 Å². The molecule has 0 unspecified atom stereocenters. The fourth-order valence-corrected chi connectivity index (χ4v) is 6.12. The number of hydrogen-bond acceptors (Lipinski definition) is 1. The van der Waals surface area contributed by atoms with E-state index in [2.05, 4.69) is 192 Å². The molecule has 8 aromatic rings. The molecule has 1 aromatic heterocycles. The van der Waals surface area contributed by atoms with Gasteiger partial charge in [0.2, 0.25) is 0 Å². The number of anilines is 3. The maximum absolute atomic E-state index is 2.34. The topological polar surface area (TPSA) is 8.17 Å². The Bertz CT molecular complexity index is 2190. The zero-order chi connectivity index (χ0) is 29.3. The molecule has 44 heavy (non-hydrogen) atoms. The first-order valence-electron chi connectivity index (χ1n) is 15.0. The summed E-state index contributed by atoms with van der Waals surface area (Å²) in [6, 6.07) is 63.0. The number of hydrogen-bond donors (Lipinski definition) is 0. The van der Waals surface area contributed by atoms with Gasteiger partial charge >= 0.3 is 0 Å². The monoisotopic (exact) mass is 562 g/mol. The molecule has 208 valence electrons. The van der Waals surface area contributed by atoms with Crippen LogP contribution in [0, 0.1) is 0 Å². The molecule has 0 aliphatic rings. The second kappa shape index (κ2) is 11.1. The summed E-state index contributed by atoms with van der Waals surface area (Å²) in [6.45, 7) is 0. The first-order valence-corrected chi connectivity index (χ1v) is 15.0. The molecule has 0 radical (unpaired) electrons. The van der Waals surface area contributed by atoms with Crippen LogP contribution in [-0.4, -0.2) is 4.57 Å². The van der Waals surface area contributed by atoms with Gasteiger partial charge in [0.25, 0.3) is 0 Å². The van der Waals surface area contributed by atoms with Gasteiger partial charge in [-0.2, -0.15) is 0 Å². The van der Waals surface area contributed by atoms with E-state index in [-0.39, 0.29) is 0 Å². The van der Waals surface area contributed by atoms with Crippen LogP contribution in [0.3, 0.4) is 0 Å². The molecule has 8 rings (SSSR count). The van der Waals surface area contributed by atoms with Gasteiger partial charge in [-0.3, -0.25) is 0 Å². The lowest BCUT2D eigenvalue weighted by atomic mass is 10.0.